The Morgan fingerprint density at radius 2 is 1.90 bits per heavy atom. The zero-order valence-corrected chi connectivity index (χ0v) is 11.0. The Balaban J connectivity index is 2.34. The molecule has 0 spiro atoms. The molecule has 6 heteroatoms. The average molecular weight is 283 g/mol. The van der Waals surface area contributed by atoms with Crippen LogP contribution in [0.3, 0.4) is 0 Å². The van der Waals surface area contributed by atoms with Crippen LogP contribution in [0.25, 0.3) is 0 Å². The molecule has 1 saturated heterocycles. The van der Waals surface area contributed by atoms with Gasteiger partial charge in [-0.2, -0.15) is 8.78 Å². The lowest BCUT2D eigenvalue weighted by Gasteiger charge is -2.33. The van der Waals surface area contributed by atoms with Crippen molar-refractivity contribution in [3.05, 3.63) is 35.9 Å². The fourth-order valence-electron chi connectivity index (χ4n) is 2.45. The van der Waals surface area contributed by atoms with Crippen LogP contribution in [0.5, 0.6) is 0 Å². The summed E-state index contributed by atoms with van der Waals surface area (Å²) in [6.07, 6.45) is 0.582. The Bertz CT molecular complexity index is 532. The van der Waals surface area contributed by atoms with E-state index in [9.17, 15) is 23.5 Å². The molecule has 1 aromatic rings. The maximum atomic E-state index is 14.2. The second-order valence-electron chi connectivity index (χ2n) is 5.08. The highest BCUT2D eigenvalue weighted by molar-refractivity contribution is 5.91. The van der Waals surface area contributed by atoms with Gasteiger partial charge in [0.15, 0.2) is 0 Å². The van der Waals surface area contributed by atoms with Crippen LogP contribution in [-0.2, 0) is 15.5 Å². The molecule has 1 aliphatic rings. The first-order chi connectivity index (χ1) is 9.30. The number of rotatable bonds is 3. The predicted octanol–water partition coefficient (Wildman–Crippen LogP) is 2.24. The Kier molecular flexibility index (Phi) is 3.50. The number of carboxylic acids is 1. The zero-order valence-electron chi connectivity index (χ0n) is 11.0. The molecule has 0 saturated carbocycles. The number of carbonyl (C=O) groups excluding carboxylic acids is 1. The number of amides is 1. The molecule has 1 amide bonds. The number of alkyl halides is 2. The summed E-state index contributed by atoms with van der Waals surface area (Å²) in [5.74, 6) is -6.43. The van der Waals surface area contributed by atoms with Crippen LogP contribution >= 0.6 is 0 Å². The van der Waals surface area contributed by atoms with Gasteiger partial charge in [0.1, 0.15) is 5.54 Å². The van der Waals surface area contributed by atoms with E-state index in [1.165, 1.54) is 19.1 Å². The number of hydrogen-bond donors (Lipinski definition) is 1. The van der Waals surface area contributed by atoms with Crippen molar-refractivity contribution in [1.29, 1.82) is 0 Å². The van der Waals surface area contributed by atoms with Gasteiger partial charge in [-0.1, -0.05) is 30.3 Å². The van der Waals surface area contributed by atoms with Gasteiger partial charge >= 0.3 is 11.9 Å². The highest BCUT2D eigenvalue weighted by Crippen LogP contribution is 2.37. The lowest BCUT2D eigenvalue weighted by atomic mass is 9.98. The molecular formula is C14H15F2NO3. The minimum absolute atomic E-state index is 0.0318. The molecule has 0 aliphatic carbocycles. The van der Waals surface area contributed by atoms with Crippen LogP contribution in [0.15, 0.2) is 30.3 Å². The molecule has 0 radical (unpaired) electrons. The molecule has 108 valence electrons. The normalized spacial score (nSPS) is 22.9. The Morgan fingerprint density at radius 3 is 2.45 bits per heavy atom. The van der Waals surface area contributed by atoms with Crippen LogP contribution in [0.2, 0.25) is 0 Å². The van der Waals surface area contributed by atoms with Crippen molar-refractivity contribution in [2.45, 2.75) is 31.2 Å². The summed E-state index contributed by atoms with van der Waals surface area (Å²) in [5.41, 5.74) is -1.99. The molecule has 4 nitrogen and oxygen atoms in total. The van der Waals surface area contributed by atoms with E-state index in [0.29, 0.717) is 6.42 Å². The first kappa shape index (κ1) is 14.4. The summed E-state index contributed by atoms with van der Waals surface area (Å²) in [6.45, 7) is 1.34. The summed E-state index contributed by atoms with van der Waals surface area (Å²) < 4.78 is 28.4. The van der Waals surface area contributed by atoms with E-state index < -0.39 is 28.9 Å². The molecule has 2 rings (SSSR count). The fraction of sp³-hybridized carbons (Fsp3) is 0.429. The van der Waals surface area contributed by atoms with E-state index in [1.807, 2.05) is 0 Å². The summed E-state index contributed by atoms with van der Waals surface area (Å²) in [4.78, 5) is 24.1. The van der Waals surface area contributed by atoms with Crippen LogP contribution in [0.1, 0.15) is 25.3 Å². The molecule has 1 unspecified atom stereocenters. The van der Waals surface area contributed by atoms with Gasteiger partial charge in [-0.15, -0.1) is 0 Å². The van der Waals surface area contributed by atoms with Crippen molar-refractivity contribution < 1.29 is 23.5 Å². The second kappa shape index (κ2) is 4.85. The monoisotopic (exact) mass is 283 g/mol. The maximum absolute atomic E-state index is 14.2. The molecule has 1 N–H and O–H groups in total. The molecule has 1 heterocycles. The van der Waals surface area contributed by atoms with Crippen LogP contribution < -0.4 is 0 Å². The molecule has 1 aromatic carbocycles. The quantitative estimate of drug-likeness (QED) is 0.925. The molecule has 0 aromatic heterocycles. The van der Waals surface area contributed by atoms with Gasteiger partial charge in [0.05, 0.1) is 0 Å². The lowest BCUT2D eigenvalue weighted by molar-refractivity contribution is -0.170. The van der Waals surface area contributed by atoms with Gasteiger partial charge in [0, 0.05) is 12.1 Å². The van der Waals surface area contributed by atoms with Gasteiger partial charge < -0.3 is 10.0 Å². The lowest BCUT2D eigenvalue weighted by Crippen LogP contribution is -2.54. The van der Waals surface area contributed by atoms with Gasteiger partial charge in [-0.25, -0.2) is 4.79 Å². The smallest absolute Gasteiger partial charge is 0.349 e. The molecule has 20 heavy (non-hydrogen) atoms. The van der Waals surface area contributed by atoms with Gasteiger partial charge in [-0.05, 0) is 19.8 Å². The van der Waals surface area contributed by atoms with Crippen molar-refractivity contribution in [2.24, 2.45) is 0 Å². The van der Waals surface area contributed by atoms with E-state index >= 15 is 0 Å². The van der Waals surface area contributed by atoms with E-state index in [2.05, 4.69) is 0 Å². The SMILES string of the molecule is CC1(C(=O)O)CCCN1C(=O)C(F)(F)c1ccccc1. The van der Waals surface area contributed by atoms with E-state index in [4.69, 9.17) is 0 Å². The number of aliphatic carboxylic acids is 1. The summed E-state index contributed by atoms with van der Waals surface area (Å²) in [7, 11) is 0. The van der Waals surface area contributed by atoms with Crippen molar-refractivity contribution in [1.82, 2.24) is 4.90 Å². The molecule has 1 fully saturated rings. The average Bonchev–Trinajstić information content (AvgIpc) is 2.82. The number of benzene rings is 1. The van der Waals surface area contributed by atoms with Gasteiger partial charge in [0.2, 0.25) is 0 Å². The van der Waals surface area contributed by atoms with Crippen molar-refractivity contribution >= 4 is 11.9 Å². The first-order valence-electron chi connectivity index (χ1n) is 6.29. The molecule has 1 atom stereocenters. The Morgan fingerprint density at radius 1 is 1.30 bits per heavy atom. The fourth-order valence-corrected chi connectivity index (χ4v) is 2.45. The summed E-state index contributed by atoms with van der Waals surface area (Å²) in [6, 6.07) is 6.72. The summed E-state index contributed by atoms with van der Waals surface area (Å²) in [5, 5.41) is 9.19. The minimum Gasteiger partial charge on any atom is -0.480 e. The van der Waals surface area contributed by atoms with Crippen molar-refractivity contribution in [3.8, 4) is 0 Å². The highest BCUT2D eigenvalue weighted by Gasteiger charge is 2.53. The largest absolute Gasteiger partial charge is 0.480 e. The minimum atomic E-state index is -3.72. The number of nitrogens with zero attached hydrogens (tertiary/aromatic N) is 1. The van der Waals surface area contributed by atoms with Crippen molar-refractivity contribution in [3.63, 3.8) is 0 Å². The second-order valence-corrected chi connectivity index (χ2v) is 5.08. The number of carbonyl (C=O) groups is 2. The zero-order chi connectivity index (χ0) is 15.0. The number of carboxylic acid groups (broad SMARTS) is 1. The van der Waals surface area contributed by atoms with Gasteiger partial charge in [0.25, 0.3) is 5.91 Å². The highest BCUT2D eigenvalue weighted by atomic mass is 19.3. The third-order valence-electron chi connectivity index (χ3n) is 3.75. The number of halogens is 2. The van der Waals surface area contributed by atoms with Crippen LogP contribution in [0, 0.1) is 0 Å². The standard InChI is InChI=1S/C14H15F2NO3/c1-13(12(19)20)8-5-9-17(13)11(18)14(15,16)10-6-3-2-4-7-10/h2-4,6-7H,5,8-9H2,1H3,(H,19,20). The van der Waals surface area contributed by atoms with Crippen molar-refractivity contribution in [2.75, 3.05) is 6.54 Å². The van der Waals surface area contributed by atoms with E-state index in [-0.39, 0.29) is 13.0 Å². The summed E-state index contributed by atoms with van der Waals surface area (Å²) >= 11 is 0. The number of likely N-dealkylation sites (tertiary alicyclic amines) is 1. The number of hydrogen-bond acceptors (Lipinski definition) is 2. The van der Waals surface area contributed by atoms with Crippen LogP contribution in [-0.4, -0.2) is 34.0 Å². The van der Waals surface area contributed by atoms with E-state index in [1.54, 1.807) is 6.07 Å². The molecule has 1 aliphatic heterocycles. The molecule has 0 bridgehead atoms. The predicted molar refractivity (Wildman–Crippen MR) is 67.3 cm³/mol. The Hall–Kier alpha value is -1.98. The topological polar surface area (TPSA) is 57.6 Å². The first-order valence-corrected chi connectivity index (χ1v) is 6.29. The van der Waals surface area contributed by atoms with E-state index in [0.717, 1.165) is 17.0 Å². The third-order valence-corrected chi connectivity index (χ3v) is 3.75. The van der Waals surface area contributed by atoms with Crippen LogP contribution in [0.4, 0.5) is 8.78 Å². The van der Waals surface area contributed by atoms with Gasteiger partial charge in [-0.3, -0.25) is 4.79 Å². The maximum Gasteiger partial charge on any atom is 0.349 e. The molecular weight excluding hydrogens is 268 g/mol. The Labute approximate surface area is 115 Å². The third kappa shape index (κ3) is 2.15.